The molecule has 2 aromatic rings. The Kier molecular flexibility index (Phi) is 4.43. The number of likely N-dealkylation sites (tertiary alicyclic amines) is 1. The van der Waals surface area contributed by atoms with Crippen LogP contribution in [0.3, 0.4) is 0 Å². The molecule has 1 aromatic heterocycles. The summed E-state index contributed by atoms with van der Waals surface area (Å²) < 4.78 is 0. The molecule has 2 saturated heterocycles. The number of carbonyl (C=O) groups excluding carboxylic acids is 2. The summed E-state index contributed by atoms with van der Waals surface area (Å²) >= 11 is 1.34. The predicted octanol–water partition coefficient (Wildman–Crippen LogP) is 0.883. The van der Waals surface area contributed by atoms with Gasteiger partial charge in [-0.3, -0.25) is 9.59 Å². The van der Waals surface area contributed by atoms with Gasteiger partial charge in [-0.1, -0.05) is 29.5 Å². The molecule has 0 saturated carbocycles. The van der Waals surface area contributed by atoms with Gasteiger partial charge >= 0.3 is 0 Å². The van der Waals surface area contributed by atoms with E-state index < -0.39 is 0 Å². The molecule has 136 valence electrons. The van der Waals surface area contributed by atoms with Gasteiger partial charge in [0, 0.05) is 13.1 Å². The summed E-state index contributed by atoms with van der Waals surface area (Å²) in [5, 5.41) is 13.6. The Balaban J connectivity index is 1.56. The number of benzene rings is 1. The molecule has 0 aliphatic carbocycles. The highest BCUT2D eigenvalue weighted by molar-refractivity contribution is 7.15. The molecule has 4 rings (SSSR count). The summed E-state index contributed by atoms with van der Waals surface area (Å²) in [6, 6.07) is 9.20. The van der Waals surface area contributed by atoms with Crippen molar-refractivity contribution < 1.29 is 9.59 Å². The molecule has 2 N–H and O–H groups in total. The molecule has 2 aliphatic heterocycles. The molecule has 2 aliphatic rings. The first-order valence-electron chi connectivity index (χ1n) is 8.47. The normalized spacial score (nSPS) is 26.0. The molecular formula is C17H20N6O2S. The zero-order chi connectivity index (χ0) is 18.3. The third kappa shape index (κ3) is 3.09. The van der Waals surface area contributed by atoms with Gasteiger partial charge in [0.2, 0.25) is 16.9 Å². The summed E-state index contributed by atoms with van der Waals surface area (Å²) in [6.07, 6.45) is 0. The van der Waals surface area contributed by atoms with E-state index in [4.69, 9.17) is 0 Å². The number of amides is 2. The SMILES string of the molecule is Cc1nnc(NC(=O)C2CN(C)CC3C(=O)N(c4ccccc4)NC23)s1. The van der Waals surface area contributed by atoms with E-state index in [1.807, 2.05) is 49.2 Å². The topological polar surface area (TPSA) is 90.5 Å². The van der Waals surface area contributed by atoms with Crippen LogP contribution < -0.4 is 15.8 Å². The molecule has 0 bridgehead atoms. The number of nitrogens with zero attached hydrogens (tertiary/aromatic N) is 4. The van der Waals surface area contributed by atoms with Crippen LogP contribution >= 0.6 is 11.3 Å². The van der Waals surface area contributed by atoms with E-state index in [2.05, 4.69) is 20.9 Å². The van der Waals surface area contributed by atoms with Crippen LogP contribution in [0.5, 0.6) is 0 Å². The average molecular weight is 372 g/mol. The van der Waals surface area contributed by atoms with Gasteiger partial charge in [0.25, 0.3) is 0 Å². The Morgan fingerprint density at radius 3 is 2.73 bits per heavy atom. The largest absolute Gasteiger partial charge is 0.305 e. The fourth-order valence-corrected chi connectivity index (χ4v) is 4.21. The first-order chi connectivity index (χ1) is 12.5. The van der Waals surface area contributed by atoms with Crippen LogP contribution in [0.2, 0.25) is 0 Å². The number of hydrogen-bond donors (Lipinski definition) is 2. The molecular weight excluding hydrogens is 352 g/mol. The quantitative estimate of drug-likeness (QED) is 0.831. The van der Waals surface area contributed by atoms with Gasteiger partial charge in [-0.25, -0.2) is 10.4 Å². The number of carbonyl (C=O) groups is 2. The molecule has 3 heterocycles. The van der Waals surface area contributed by atoms with Crippen LogP contribution in [-0.2, 0) is 9.59 Å². The van der Waals surface area contributed by atoms with Gasteiger partial charge in [0.05, 0.1) is 23.6 Å². The van der Waals surface area contributed by atoms with Crippen molar-refractivity contribution in [1.29, 1.82) is 0 Å². The van der Waals surface area contributed by atoms with Gasteiger partial charge in [0.1, 0.15) is 5.01 Å². The monoisotopic (exact) mass is 372 g/mol. The lowest BCUT2D eigenvalue weighted by atomic mass is 9.84. The van der Waals surface area contributed by atoms with E-state index in [0.29, 0.717) is 18.2 Å². The maximum Gasteiger partial charge on any atom is 0.247 e. The Bertz CT molecular complexity index is 826. The zero-order valence-corrected chi connectivity index (χ0v) is 15.4. The summed E-state index contributed by atoms with van der Waals surface area (Å²) in [5.41, 5.74) is 4.05. The number of para-hydroxylation sites is 1. The van der Waals surface area contributed by atoms with E-state index in [1.165, 1.54) is 11.3 Å². The molecule has 1 aromatic carbocycles. The molecule has 2 amide bonds. The molecule has 2 fully saturated rings. The second kappa shape index (κ2) is 6.75. The van der Waals surface area contributed by atoms with Crippen LogP contribution in [0.1, 0.15) is 5.01 Å². The van der Waals surface area contributed by atoms with Crippen LogP contribution in [0.4, 0.5) is 10.8 Å². The Morgan fingerprint density at radius 1 is 1.27 bits per heavy atom. The Hall–Kier alpha value is -2.36. The second-order valence-corrected chi connectivity index (χ2v) is 7.90. The van der Waals surface area contributed by atoms with Gasteiger partial charge in [-0.05, 0) is 26.1 Å². The lowest BCUT2D eigenvalue weighted by Gasteiger charge is -2.36. The Morgan fingerprint density at radius 2 is 2.04 bits per heavy atom. The number of fused-ring (bicyclic) bond motifs is 1. The maximum absolute atomic E-state index is 12.9. The highest BCUT2D eigenvalue weighted by Gasteiger charge is 2.50. The highest BCUT2D eigenvalue weighted by atomic mass is 32.1. The number of aryl methyl sites for hydroxylation is 1. The molecule has 3 atom stereocenters. The first-order valence-corrected chi connectivity index (χ1v) is 9.29. The van der Waals surface area contributed by atoms with Crippen LogP contribution in [-0.4, -0.2) is 53.1 Å². The van der Waals surface area contributed by atoms with Crippen molar-refractivity contribution >= 4 is 34.0 Å². The first kappa shape index (κ1) is 17.1. The van der Waals surface area contributed by atoms with E-state index in [9.17, 15) is 9.59 Å². The van der Waals surface area contributed by atoms with Crippen molar-refractivity contribution in [2.24, 2.45) is 11.8 Å². The average Bonchev–Trinajstić information content (AvgIpc) is 3.18. The smallest absolute Gasteiger partial charge is 0.247 e. The lowest BCUT2D eigenvalue weighted by Crippen LogP contribution is -2.55. The molecule has 26 heavy (non-hydrogen) atoms. The van der Waals surface area contributed by atoms with Crippen LogP contribution in [0.15, 0.2) is 30.3 Å². The van der Waals surface area contributed by atoms with Crippen molar-refractivity contribution in [3.8, 4) is 0 Å². The maximum atomic E-state index is 12.9. The summed E-state index contributed by atoms with van der Waals surface area (Å²) in [7, 11) is 1.93. The van der Waals surface area contributed by atoms with Crippen molar-refractivity contribution in [3.05, 3.63) is 35.3 Å². The Labute approximate surface area is 155 Å². The van der Waals surface area contributed by atoms with Gasteiger partial charge in [0.15, 0.2) is 0 Å². The predicted molar refractivity (Wildman–Crippen MR) is 98.6 cm³/mol. The molecule has 8 nitrogen and oxygen atoms in total. The van der Waals surface area contributed by atoms with E-state index in [1.54, 1.807) is 5.01 Å². The van der Waals surface area contributed by atoms with Gasteiger partial charge in [-0.2, -0.15) is 0 Å². The fraction of sp³-hybridized carbons (Fsp3) is 0.412. The number of piperidine rings is 1. The number of hydrazine groups is 1. The van der Waals surface area contributed by atoms with Crippen LogP contribution in [0, 0.1) is 18.8 Å². The number of rotatable bonds is 3. The minimum absolute atomic E-state index is 0.00249. The molecule has 9 heteroatoms. The van der Waals surface area contributed by atoms with E-state index in [-0.39, 0.29) is 29.7 Å². The summed E-state index contributed by atoms with van der Waals surface area (Å²) in [5.74, 6) is -0.767. The standard InChI is InChI=1S/C17H20N6O2S/c1-10-19-20-17(26-10)18-15(24)12-8-22(2)9-13-14(12)21-23(16(13)25)11-6-4-3-5-7-11/h3-7,12-14,21H,8-9H2,1-2H3,(H,18,20,24). The number of aromatic nitrogens is 2. The molecule has 0 radical (unpaired) electrons. The summed E-state index contributed by atoms with van der Waals surface area (Å²) in [6.45, 7) is 3.04. The minimum Gasteiger partial charge on any atom is -0.305 e. The highest BCUT2D eigenvalue weighted by Crippen LogP contribution is 2.32. The molecule has 0 spiro atoms. The third-order valence-corrected chi connectivity index (χ3v) is 5.56. The van der Waals surface area contributed by atoms with E-state index in [0.717, 1.165) is 10.7 Å². The fourth-order valence-electron chi connectivity index (χ4n) is 3.61. The lowest BCUT2D eigenvalue weighted by molar-refractivity contribution is -0.125. The number of nitrogens with one attached hydrogen (secondary N) is 2. The van der Waals surface area contributed by atoms with Gasteiger partial charge in [-0.15, -0.1) is 10.2 Å². The number of anilines is 2. The van der Waals surface area contributed by atoms with Crippen molar-refractivity contribution in [2.75, 3.05) is 30.5 Å². The summed E-state index contributed by atoms with van der Waals surface area (Å²) in [4.78, 5) is 27.8. The third-order valence-electron chi connectivity index (χ3n) is 4.81. The zero-order valence-electron chi connectivity index (χ0n) is 14.5. The van der Waals surface area contributed by atoms with Crippen molar-refractivity contribution in [3.63, 3.8) is 0 Å². The van der Waals surface area contributed by atoms with Crippen molar-refractivity contribution in [1.82, 2.24) is 20.5 Å². The minimum atomic E-state index is -0.361. The molecule has 3 unspecified atom stereocenters. The number of hydrogen-bond acceptors (Lipinski definition) is 7. The van der Waals surface area contributed by atoms with Crippen LogP contribution in [0.25, 0.3) is 0 Å². The van der Waals surface area contributed by atoms with Crippen molar-refractivity contribution in [2.45, 2.75) is 13.0 Å². The van der Waals surface area contributed by atoms with Gasteiger partial charge < -0.3 is 10.2 Å². The van der Waals surface area contributed by atoms with E-state index >= 15 is 0 Å². The second-order valence-electron chi connectivity index (χ2n) is 6.71.